The molecule has 6 heteroatoms. The molecule has 0 radical (unpaired) electrons. The molecule has 0 spiro atoms. The van der Waals surface area contributed by atoms with Crippen LogP contribution in [0.25, 0.3) is 132 Å². The van der Waals surface area contributed by atoms with Crippen molar-refractivity contribution in [3.05, 3.63) is 266 Å². The van der Waals surface area contributed by atoms with Crippen molar-refractivity contribution in [1.82, 2.24) is 0 Å². The zero-order chi connectivity index (χ0) is 54.9. The van der Waals surface area contributed by atoms with Crippen molar-refractivity contribution in [3.8, 4) is 22.3 Å². The first kappa shape index (κ1) is 47.0. The number of fused-ring (bicyclic) bond motifs is 15. The number of furan rings is 4. The first-order chi connectivity index (χ1) is 41.0. The monoisotopic (exact) mass is 1070 g/mol. The summed E-state index contributed by atoms with van der Waals surface area (Å²) in [5.74, 6) is 0.211. The number of para-hydroxylation sites is 6. The van der Waals surface area contributed by atoms with Gasteiger partial charge in [0.25, 0.3) is 0 Å². The first-order valence-electron chi connectivity index (χ1n) is 28.4. The second kappa shape index (κ2) is 18.4. The summed E-state index contributed by atoms with van der Waals surface area (Å²) >= 11 is 0. The van der Waals surface area contributed by atoms with Gasteiger partial charge in [-0.2, -0.15) is 0 Å². The standard InChI is InChI=1S/C77H50N2O4/c1-46(2)63-45-65-64-41-49-35-37-55(78(53-23-11-5-12-24-53)67-33-17-31-61-59-29-15-27-57(72(59)82-74(61)67)47-19-7-3-8-20-47)39-51(49)43-69(64)80-76(65)77-71(63)66-42-50-36-38-56(40-52(50)44-70(66)81-77)79(54-25-13-6-14-26-54)68-34-18-32-62-60-30-16-28-58(73(60)83-75(62)68)48-21-9-4-10-22-48/h3-46H,1-2H3. The Kier molecular flexibility index (Phi) is 10.4. The maximum absolute atomic E-state index is 7.10. The number of rotatable bonds is 9. The van der Waals surface area contributed by atoms with Crippen LogP contribution in [0.4, 0.5) is 34.1 Å². The second-order valence-corrected chi connectivity index (χ2v) is 22.1. The minimum absolute atomic E-state index is 0.211. The van der Waals surface area contributed by atoms with Gasteiger partial charge in [-0.15, -0.1) is 0 Å². The van der Waals surface area contributed by atoms with Gasteiger partial charge in [0.2, 0.25) is 0 Å². The Labute approximate surface area is 476 Å². The Morgan fingerprint density at radius 2 is 0.711 bits per heavy atom. The van der Waals surface area contributed by atoms with Crippen molar-refractivity contribution in [1.29, 1.82) is 0 Å². The molecule has 0 amide bonds. The second-order valence-electron chi connectivity index (χ2n) is 22.1. The number of nitrogens with zero attached hydrogens (tertiary/aromatic N) is 2. The fourth-order valence-corrected chi connectivity index (χ4v) is 13.1. The van der Waals surface area contributed by atoms with E-state index in [9.17, 15) is 0 Å². The lowest BCUT2D eigenvalue weighted by molar-refractivity contribution is 0.633. The highest BCUT2D eigenvalue weighted by Crippen LogP contribution is 2.49. The van der Waals surface area contributed by atoms with Crippen LogP contribution in [-0.2, 0) is 0 Å². The van der Waals surface area contributed by atoms with Gasteiger partial charge in [0.1, 0.15) is 22.3 Å². The van der Waals surface area contributed by atoms with Gasteiger partial charge in [-0.3, -0.25) is 0 Å². The topological polar surface area (TPSA) is 59.0 Å². The van der Waals surface area contributed by atoms with Crippen molar-refractivity contribution in [2.24, 2.45) is 0 Å². The highest BCUT2D eigenvalue weighted by atomic mass is 16.4. The van der Waals surface area contributed by atoms with Gasteiger partial charge < -0.3 is 27.5 Å². The summed E-state index contributed by atoms with van der Waals surface area (Å²) in [5.41, 5.74) is 18.1. The molecule has 83 heavy (non-hydrogen) atoms. The average molecular weight is 1070 g/mol. The van der Waals surface area contributed by atoms with E-state index in [1.54, 1.807) is 0 Å². The molecule has 0 atom stereocenters. The minimum atomic E-state index is 0.211. The smallest absolute Gasteiger partial charge is 0.178 e. The molecular formula is C77H50N2O4. The third-order valence-corrected chi connectivity index (χ3v) is 16.9. The molecule has 17 rings (SSSR count). The molecule has 0 aliphatic carbocycles. The van der Waals surface area contributed by atoms with Crippen LogP contribution in [0.15, 0.2) is 279 Å². The molecule has 0 saturated heterocycles. The van der Waals surface area contributed by atoms with E-state index in [0.717, 1.165) is 166 Å². The molecule has 0 aliphatic rings. The Hall–Kier alpha value is -10.8. The van der Waals surface area contributed by atoms with E-state index in [2.05, 4.69) is 272 Å². The van der Waals surface area contributed by atoms with Crippen molar-refractivity contribution < 1.29 is 17.7 Å². The van der Waals surface area contributed by atoms with Crippen LogP contribution in [0.1, 0.15) is 25.3 Å². The first-order valence-corrected chi connectivity index (χ1v) is 28.4. The molecule has 4 aromatic heterocycles. The van der Waals surface area contributed by atoms with Crippen LogP contribution in [0, 0.1) is 0 Å². The highest BCUT2D eigenvalue weighted by Gasteiger charge is 2.26. The van der Waals surface area contributed by atoms with Crippen molar-refractivity contribution in [3.63, 3.8) is 0 Å². The Bertz CT molecular complexity index is 5420. The van der Waals surface area contributed by atoms with Gasteiger partial charge in [-0.05, 0) is 135 Å². The maximum Gasteiger partial charge on any atom is 0.178 e. The zero-order valence-electron chi connectivity index (χ0n) is 45.4. The number of anilines is 6. The third kappa shape index (κ3) is 7.36. The summed E-state index contributed by atoms with van der Waals surface area (Å²) < 4.78 is 28.1. The van der Waals surface area contributed by atoms with Crippen LogP contribution in [-0.4, -0.2) is 0 Å². The molecule has 0 aliphatic heterocycles. The fourth-order valence-electron chi connectivity index (χ4n) is 13.1. The van der Waals surface area contributed by atoms with Crippen LogP contribution in [0.5, 0.6) is 0 Å². The van der Waals surface area contributed by atoms with E-state index >= 15 is 0 Å². The van der Waals surface area contributed by atoms with Crippen LogP contribution >= 0.6 is 0 Å². The lowest BCUT2D eigenvalue weighted by atomic mass is 9.94. The average Bonchev–Trinajstić information content (AvgIpc) is 3.02. The normalized spacial score (nSPS) is 12.1. The van der Waals surface area contributed by atoms with Gasteiger partial charge in [0.15, 0.2) is 22.3 Å². The molecule has 0 unspecified atom stereocenters. The van der Waals surface area contributed by atoms with E-state index < -0.39 is 0 Å². The van der Waals surface area contributed by atoms with Crippen molar-refractivity contribution >= 4 is 143 Å². The maximum atomic E-state index is 7.10. The molecule has 0 saturated carbocycles. The Morgan fingerprint density at radius 1 is 0.277 bits per heavy atom. The summed E-state index contributed by atoms with van der Waals surface area (Å²) in [7, 11) is 0. The molecule has 4 heterocycles. The Balaban J connectivity index is 0.798. The van der Waals surface area contributed by atoms with Crippen LogP contribution < -0.4 is 9.80 Å². The third-order valence-electron chi connectivity index (χ3n) is 16.9. The summed E-state index contributed by atoms with van der Waals surface area (Å²) in [6.07, 6.45) is 0. The lowest BCUT2D eigenvalue weighted by Crippen LogP contribution is -2.10. The van der Waals surface area contributed by atoms with Crippen LogP contribution in [0.2, 0.25) is 0 Å². The minimum Gasteiger partial charge on any atom is -0.453 e. The van der Waals surface area contributed by atoms with Crippen molar-refractivity contribution in [2.75, 3.05) is 9.80 Å². The van der Waals surface area contributed by atoms with E-state index in [-0.39, 0.29) is 5.92 Å². The molecule has 17 aromatic rings. The lowest BCUT2D eigenvalue weighted by Gasteiger charge is -2.25. The number of benzene rings is 13. The zero-order valence-corrected chi connectivity index (χ0v) is 45.4. The molecule has 0 N–H and O–H groups in total. The molecule has 6 nitrogen and oxygen atoms in total. The van der Waals surface area contributed by atoms with Crippen molar-refractivity contribution in [2.45, 2.75) is 19.8 Å². The summed E-state index contributed by atoms with van der Waals surface area (Å²) in [6.45, 7) is 4.53. The Morgan fingerprint density at radius 3 is 1.20 bits per heavy atom. The van der Waals surface area contributed by atoms with Gasteiger partial charge in [-0.25, -0.2) is 0 Å². The summed E-state index contributed by atoms with van der Waals surface area (Å²) in [5, 5.41) is 12.9. The fraction of sp³-hybridized carbons (Fsp3) is 0.0390. The molecule has 392 valence electrons. The van der Waals surface area contributed by atoms with Gasteiger partial charge in [0.05, 0.1) is 11.4 Å². The number of hydrogen-bond donors (Lipinski definition) is 0. The molecule has 13 aromatic carbocycles. The predicted molar refractivity (Wildman–Crippen MR) is 345 cm³/mol. The van der Waals surface area contributed by atoms with E-state index in [4.69, 9.17) is 17.7 Å². The van der Waals surface area contributed by atoms with E-state index in [1.807, 2.05) is 12.1 Å². The van der Waals surface area contributed by atoms with Gasteiger partial charge in [0, 0.05) is 77.0 Å². The predicted octanol–water partition coefficient (Wildman–Crippen LogP) is 23.0. The van der Waals surface area contributed by atoms with E-state index in [1.165, 1.54) is 5.56 Å². The molecule has 0 fully saturated rings. The summed E-state index contributed by atoms with van der Waals surface area (Å²) in [4.78, 5) is 4.61. The number of hydrogen-bond acceptors (Lipinski definition) is 6. The van der Waals surface area contributed by atoms with Gasteiger partial charge >= 0.3 is 0 Å². The highest BCUT2D eigenvalue weighted by molar-refractivity contribution is 6.23. The SMILES string of the molecule is CC(C)c1cc2c3cc4ccc(N(c5ccccc5)c5cccc6c5oc5c(-c7ccccc7)cccc56)cc4cc3oc2c2oc3cc4cc(N(c5ccccc5)c5cccc6c5oc5c(-c7ccccc7)cccc56)ccc4cc3c12. The van der Waals surface area contributed by atoms with Crippen LogP contribution in [0.3, 0.4) is 0 Å². The quantitative estimate of drug-likeness (QED) is 0.144. The summed E-state index contributed by atoms with van der Waals surface area (Å²) in [6, 6.07) is 92.5. The van der Waals surface area contributed by atoms with E-state index in [0.29, 0.717) is 0 Å². The van der Waals surface area contributed by atoms with Gasteiger partial charge in [-0.1, -0.05) is 184 Å². The largest absolute Gasteiger partial charge is 0.453 e. The molecule has 0 bridgehead atoms. The molecular weight excluding hydrogens is 1020 g/mol.